The number of thioether (sulfide) groups is 1. The van der Waals surface area contributed by atoms with Gasteiger partial charge in [0.1, 0.15) is 0 Å². The highest BCUT2D eigenvalue weighted by molar-refractivity contribution is 7.98. The molecule has 3 heteroatoms. The van der Waals surface area contributed by atoms with E-state index in [1.54, 1.807) is 0 Å². The molecule has 0 heterocycles. The van der Waals surface area contributed by atoms with Crippen molar-refractivity contribution in [1.29, 1.82) is 0 Å². The summed E-state index contributed by atoms with van der Waals surface area (Å²) >= 11 is 1.85. The molecule has 0 fully saturated rings. The van der Waals surface area contributed by atoms with E-state index in [1.165, 1.54) is 11.1 Å². The van der Waals surface area contributed by atoms with Gasteiger partial charge in [0.15, 0.2) is 0 Å². The zero-order valence-electron chi connectivity index (χ0n) is 10.4. The van der Waals surface area contributed by atoms with Crippen LogP contribution in [0.4, 0.5) is 0 Å². The lowest BCUT2D eigenvalue weighted by Crippen LogP contribution is -2.28. The molecule has 1 aromatic carbocycles. The summed E-state index contributed by atoms with van der Waals surface area (Å²) in [5.41, 5.74) is 5.55. The van der Waals surface area contributed by atoms with Gasteiger partial charge >= 0.3 is 0 Å². The molecular weight excluding hydrogens is 216 g/mol. The van der Waals surface area contributed by atoms with Crippen LogP contribution < -0.4 is 11.3 Å². The maximum Gasteiger partial charge on any atom is 0.0467 e. The first-order valence-corrected chi connectivity index (χ1v) is 7.13. The average Bonchev–Trinajstić information content (AvgIpc) is 2.30. The van der Waals surface area contributed by atoms with Crippen LogP contribution in [0, 0.1) is 0 Å². The van der Waals surface area contributed by atoms with E-state index in [0.717, 1.165) is 12.2 Å². The second kappa shape index (κ2) is 6.94. The predicted octanol–water partition coefficient (Wildman–Crippen LogP) is 3.07. The summed E-state index contributed by atoms with van der Waals surface area (Å²) in [5, 5.41) is 0. The zero-order valence-corrected chi connectivity index (χ0v) is 11.2. The minimum absolute atomic E-state index is 0.272. The number of nitrogens with two attached hydrogens (primary N) is 1. The Morgan fingerprint density at radius 1 is 1.19 bits per heavy atom. The van der Waals surface area contributed by atoms with E-state index in [9.17, 15) is 0 Å². The molecular formula is C13H22N2S. The van der Waals surface area contributed by atoms with Crippen molar-refractivity contribution in [2.24, 2.45) is 5.84 Å². The van der Waals surface area contributed by atoms with Crippen molar-refractivity contribution in [2.75, 3.05) is 12.0 Å². The quantitative estimate of drug-likeness (QED) is 0.591. The molecule has 0 bridgehead atoms. The third-order valence-corrected chi connectivity index (χ3v) is 3.46. The number of hydrazine groups is 1. The van der Waals surface area contributed by atoms with Crippen molar-refractivity contribution in [3.63, 3.8) is 0 Å². The Morgan fingerprint density at radius 3 is 2.19 bits per heavy atom. The molecule has 0 saturated carbocycles. The van der Waals surface area contributed by atoms with Crippen molar-refractivity contribution in [3.8, 4) is 0 Å². The van der Waals surface area contributed by atoms with Crippen LogP contribution in [0.3, 0.4) is 0 Å². The topological polar surface area (TPSA) is 38.0 Å². The number of hydrogen-bond acceptors (Lipinski definition) is 3. The van der Waals surface area contributed by atoms with Crippen LogP contribution in [0.15, 0.2) is 24.3 Å². The predicted molar refractivity (Wildman–Crippen MR) is 73.6 cm³/mol. The van der Waals surface area contributed by atoms with Crippen molar-refractivity contribution < 1.29 is 0 Å². The summed E-state index contributed by atoms with van der Waals surface area (Å²) in [7, 11) is 0. The van der Waals surface area contributed by atoms with Gasteiger partial charge in [-0.3, -0.25) is 11.3 Å². The Bertz CT molecular complexity index is 295. The second-order valence-corrected chi connectivity index (χ2v) is 5.31. The molecule has 0 aliphatic carbocycles. The fourth-order valence-corrected chi connectivity index (χ4v) is 2.17. The molecule has 1 rings (SSSR count). The summed E-state index contributed by atoms with van der Waals surface area (Å²) in [6, 6.07) is 9.03. The second-order valence-electron chi connectivity index (χ2n) is 4.32. The van der Waals surface area contributed by atoms with E-state index in [2.05, 4.69) is 49.8 Å². The molecule has 16 heavy (non-hydrogen) atoms. The van der Waals surface area contributed by atoms with Gasteiger partial charge in [-0.2, -0.15) is 11.8 Å². The fourth-order valence-electron chi connectivity index (χ4n) is 1.70. The third-order valence-electron chi connectivity index (χ3n) is 2.82. The minimum atomic E-state index is 0.272. The van der Waals surface area contributed by atoms with E-state index in [0.29, 0.717) is 5.92 Å². The molecule has 0 aromatic heterocycles. The Kier molecular flexibility index (Phi) is 5.88. The number of benzene rings is 1. The molecule has 90 valence electrons. The van der Waals surface area contributed by atoms with Crippen LogP contribution in [0.2, 0.25) is 0 Å². The van der Waals surface area contributed by atoms with Gasteiger partial charge in [0, 0.05) is 6.04 Å². The Labute approximate surface area is 103 Å². The fraction of sp³-hybridized carbons (Fsp3) is 0.538. The van der Waals surface area contributed by atoms with Gasteiger partial charge in [0.05, 0.1) is 0 Å². The first kappa shape index (κ1) is 13.6. The Balaban J connectivity index is 2.70. The van der Waals surface area contributed by atoms with Crippen LogP contribution in [0.5, 0.6) is 0 Å². The van der Waals surface area contributed by atoms with Gasteiger partial charge < -0.3 is 0 Å². The van der Waals surface area contributed by atoms with Gasteiger partial charge in [-0.1, -0.05) is 38.1 Å². The van der Waals surface area contributed by atoms with Crippen LogP contribution in [-0.2, 0) is 0 Å². The van der Waals surface area contributed by atoms with E-state index < -0.39 is 0 Å². The molecule has 0 saturated heterocycles. The highest BCUT2D eigenvalue weighted by Gasteiger charge is 2.09. The first-order valence-electron chi connectivity index (χ1n) is 5.74. The molecule has 0 radical (unpaired) electrons. The van der Waals surface area contributed by atoms with Crippen molar-refractivity contribution >= 4 is 11.8 Å². The summed E-state index contributed by atoms with van der Waals surface area (Å²) < 4.78 is 0. The van der Waals surface area contributed by atoms with Crippen molar-refractivity contribution in [3.05, 3.63) is 35.4 Å². The molecule has 0 aliphatic rings. The summed E-state index contributed by atoms with van der Waals surface area (Å²) in [5.74, 6) is 7.30. The van der Waals surface area contributed by atoms with Crippen LogP contribution in [0.25, 0.3) is 0 Å². The Hall–Kier alpha value is -0.510. The van der Waals surface area contributed by atoms with E-state index in [1.807, 2.05) is 11.8 Å². The maximum absolute atomic E-state index is 5.58. The monoisotopic (exact) mass is 238 g/mol. The Morgan fingerprint density at radius 2 is 1.75 bits per heavy atom. The normalized spacial score (nSPS) is 13.1. The average molecular weight is 238 g/mol. The summed E-state index contributed by atoms with van der Waals surface area (Å²) in [4.78, 5) is 0. The largest absolute Gasteiger partial charge is 0.271 e. The zero-order chi connectivity index (χ0) is 12.0. The molecule has 0 amide bonds. The SMILES string of the molecule is CSCCC(NN)c1ccc(C(C)C)cc1. The molecule has 1 atom stereocenters. The smallest absolute Gasteiger partial charge is 0.0467 e. The molecule has 1 unspecified atom stereocenters. The van der Waals surface area contributed by atoms with Gasteiger partial charge in [-0.25, -0.2) is 0 Å². The minimum Gasteiger partial charge on any atom is -0.271 e. The molecule has 0 spiro atoms. The van der Waals surface area contributed by atoms with Crippen LogP contribution in [0.1, 0.15) is 43.4 Å². The van der Waals surface area contributed by atoms with Gasteiger partial charge in [0.25, 0.3) is 0 Å². The van der Waals surface area contributed by atoms with Crippen molar-refractivity contribution in [2.45, 2.75) is 32.2 Å². The number of rotatable bonds is 6. The molecule has 0 aliphatic heterocycles. The number of hydrogen-bond donors (Lipinski definition) is 2. The lowest BCUT2D eigenvalue weighted by molar-refractivity contribution is 0.542. The van der Waals surface area contributed by atoms with E-state index in [-0.39, 0.29) is 6.04 Å². The highest BCUT2D eigenvalue weighted by Crippen LogP contribution is 2.21. The van der Waals surface area contributed by atoms with Crippen LogP contribution >= 0.6 is 11.8 Å². The maximum atomic E-state index is 5.58. The lowest BCUT2D eigenvalue weighted by atomic mass is 9.98. The lowest BCUT2D eigenvalue weighted by Gasteiger charge is -2.16. The first-order chi connectivity index (χ1) is 7.69. The highest BCUT2D eigenvalue weighted by atomic mass is 32.2. The standard InChI is InChI=1S/C13H22N2S/c1-10(2)11-4-6-12(7-5-11)13(15-14)8-9-16-3/h4-7,10,13,15H,8-9,14H2,1-3H3. The van der Waals surface area contributed by atoms with E-state index >= 15 is 0 Å². The van der Waals surface area contributed by atoms with Crippen molar-refractivity contribution in [1.82, 2.24) is 5.43 Å². The van der Waals surface area contributed by atoms with Gasteiger partial charge in [-0.15, -0.1) is 0 Å². The van der Waals surface area contributed by atoms with Gasteiger partial charge in [-0.05, 0) is 35.5 Å². The third kappa shape index (κ3) is 3.81. The van der Waals surface area contributed by atoms with Crippen LogP contribution in [-0.4, -0.2) is 12.0 Å². The summed E-state index contributed by atoms with van der Waals surface area (Å²) in [6.45, 7) is 4.42. The number of nitrogens with one attached hydrogen (secondary N) is 1. The van der Waals surface area contributed by atoms with E-state index in [4.69, 9.17) is 5.84 Å². The van der Waals surface area contributed by atoms with Gasteiger partial charge in [0.2, 0.25) is 0 Å². The summed E-state index contributed by atoms with van der Waals surface area (Å²) in [6.07, 6.45) is 3.19. The molecule has 1 aromatic rings. The molecule has 3 N–H and O–H groups in total. The molecule has 2 nitrogen and oxygen atoms in total.